The lowest BCUT2D eigenvalue weighted by Crippen LogP contribution is -2.35. The second-order valence-corrected chi connectivity index (χ2v) is 5.48. The Morgan fingerprint density at radius 3 is 2.63 bits per heavy atom. The number of carbonyl (C=O) groups is 1. The maximum atomic E-state index is 12.3. The van der Waals surface area contributed by atoms with Crippen LogP contribution < -0.4 is 0 Å². The molecule has 19 heavy (non-hydrogen) atoms. The molecule has 0 bridgehead atoms. The first-order valence-corrected chi connectivity index (χ1v) is 7.14. The van der Waals surface area contributed by atoms with E-state index in [1.807, 2.05) is 37.4 Å². The molecule has 0 aromatic heterocycles. The smallest absolute Gasteiger partial charge is 0.244 e. The highest BCUT2D eigenvalue weighted by Crippen LogP contribution is 2.23. The van der Waals surface area contributed by atoms with Crippen LogP contribution in [-0.4, -0.2) is 37.6 Å². The van der Waals surface area contributed by atoms with E-state index in [1.165, 1.54) is 0 Å². The molecule has 1 aliphatic rings. The molecule has 2 rings (SSSR count). The summed E-state index contributed by atoms with van der Waals surface area (Å²) in [7, 11) is 1.83. The summed E-state index contributed by atoms with van der Waals surface area (Å²) in [5, 5.41) is -0.592. The second-order valence-electron chi connectivity index (χ2n) is 5.05. The fourth-order valence-electron chi connectivity index (χ4n) is 2.36. The molecule has 1 aromatic rings. The van der Waals surface area contributed by atoms with Crippen molar-refractivity contribution in [3.05, 3.63) is 35.9 Å². The number of likely N-dealkylation sites (N-methyl/N-ethyl adjacent to an activating group) is 1. The monoisotopic (exact) mass is 281 g/mol. The topological polar surface area (TPSA) is 29.5 Å². The molecule has 0 saturated carbocycles. The van der Waals surface area contributed by atoms with E-state index >= 15 is 0 Å². The Labute approximate surface area is 119 Å². The van der Waals surface area contributed by atoms with Gasteiger partial charge in [-0.2, -0.15) is 0 Å². The van der Waals surface area contributed by atoms with Crippen LogP contribution in [0.1, 0.15) is 23.8 Å². The van der Waals surface area contributed by atoms with E-state index in [0.29, 0.717) is 5.92 Å². The number of ether oxygens (including phenoxy) is 1. The maximum absolute atomic E-state index is 12.3. The Morgan fingerprint density at radius 2 is 2.00 bits per heavy atom. The van der Waals surface area contributed by atoms with Crippen molar-refractivity contribution in [1.29, 1.82) is 0 Å². The SMILES string of the molecule is CN(CC1CCOCC1)C(=O)C(Cl)c1ccccc1. The molecule has 104 valence electrons. The van der Waals surface area contributed by atoms with Gasteiger partial charge in [0.25, 0.3) is 0 Å². The van der Waals surface area contributed by atoms with Gasteiger partial charge in [0.1, 0.15) is 5.38 Å². The number of nitrogens with zero attached hydrogens (tertiary/aromatic N) is 1. The lowest BCUT2D eigenvalue weighted by Gasteiger charge is -2.28. The van der Waals surface area contributed by atoms with Gasteiger partial charge in [-0.15, -0.1) is 11.6 Å². The molecule has 1 aromatic carbocycles. The van der Waals surface area contributed by atoms with E-state index < -0.39 is 5.38 Å². The van der Waals surface area contributed by atoms with Crippen LogP contribution in [0.3, 0.4) is 0 Å². The molecular formula is C15H20ClNO2. The van der Waals surface area contributed by atoms with Gasteiger partial charge < -0.3 is 9.64 Å². The molecular weight excluding hydrogens is 262 g/mol. The van der Waals surface area contributed by atoms with Gasteiger partial charge >= 0.3 is 0 Å². The maximum Gasteiger partial charge on any atom is 0.244 e. The zero-order chi connectivity index (χ0) is 13.7. The van der Waals surface area contributed by atoms with Crippen LogP contribution in [0.5, 0.6) is 0 Å². The van der Waals surface area contributed by atoms with Gasteiger partial charge in [0.05, 0.1) is 0 Å². The van der Waals surface area contributed by atoms with Crippen LogP contribution in [0.15, 0.2) is 30.3 Å². The molecule has 1 amide bonds. The van der Waals surface area contributed by atoms with Crippen molar-refractivity contribution >= 4 is 17.5 Å². The van der Waals surface area contributed by atoms with Crippen LogP contribution in [0.2, 0.25) is 0 Å². The van der Waals surface area contributed by atoms with E-state index in [9.17, 15) is 4.79 Å². The first kappa shape index (κ1) is 14.4. The number of halogens is 1. The Bertz CT molecular complexity index is 404. The van der Waals surface area contributed by atoms with Crippen molar-refractivity contribution in [2.24, 2.45) is 5.92 Å². The molecule has 0 N–H and O–H groups in total. The van der Waals surface area contributed by atoms with E-state index in [1.54, 1.807) is 4.90 Å². The number of benzene rings is 1. The van der Waals surface area contributed by atoms with Crippen molar-refractivity contribution < 1.29 is 9.53 Å². The summed E-state index contributed by atoms with van der Waals surface area (Å²) in [5.74, 6) is 0.502. The number of hydrogen-bond acceptors (Lipinski definition) is 2. The van der Waals surface area contributed by atoms with Crippen molar-refractivity contribution in [2.75, 3.05) is 26.8 Å². The largest absolute Gasteiger partial charge is 0.381 e. The average Bonchev–Trinajstić information content (AvgIpc) is 2.47. The van der Waals surface area contributed by atoms with Gasteiger partial charge in [0, 0.05) is 26.8 Å². The molecule has 1 unspecified atom stereocenters. The molecule has 1 atom stereocenters. The Hall–Kier alpha value is -1.06. The van der Waals surface area contributed by atoms with E-state index in [0.717, 1.165) is 38.2 Å². The fourth-order valence-corrected chi connectivity index (χ4v) is 2.68. The highest BCUT2D eigenvalue weighted by Gasteiger charge is 2.24. The Balaban J connectivity index is 1.91. The molecule has 0 aliphatic carbocycles. The van der Waals surface area contributed by atoms with Crippen LogP contribution in [0.25, 0.3) is 0 Å². The predicted molar refractivity (Wildman–Crippen MR) is 76.2 cm³/mol. The highest BCUT2D eigenvalue weighted by atomic mass is 35.5. The lowest BCUT2D eigenvalue weighted by molar-refractivity contribution is -0.130. The van der Waals surface area contributed by atoms with Crippen LogP contribution >= 0.6 is 11.6 Å². The van der Waals surface area contributed by atoms with Crippen molar-refractivity contribution in [1.82, 2.24) is 4.90 Å². The first-order valence-electron chi connectivity index (χ1n) is 6.70. The van der Waals surface area contributed by atoms with Gasteiger partial charge in [-0.25, -0.2) is 0 Å². The molecule has 3 nitrogen and oxygen atoms in total. The Morgan fingerprint density at radius 1 is 1.37 bits per heavy atom. The molecule has 1 aliphatic heterocycles. The summed E-state index contributed by atoms with van der Waals surface area (Å²) in [6.45, 7) is 2.36. The predicted octanol–water partition coefficient (Wildman–Crippen LogP) is 2.85. The first-order chi connectivity index (χ1) is 9.18. The fraction of sp³-hybridized carbons (Fsp3) is 0.533. The molecule has 1 fully saturated rings. The second kappa shape index (κ2) is 6.92. The van der Waals surface area contributed by atoms with Crippen LogP contribution in [0, 0.1) is 5.92 Å². The summed E-state index contributed by atoms with van der Waals surface area (Å²) >= 11 is 6.25. The van der Waals surface area contributed by atoms with Gasteiger partial charge in [-0.1, -0.05) is 30.3 Å². The lowest BCUT2D eigenvalue weighted by atomic mass is 9.99. The quantitative estimate of drug-likeness (QED) is 0.794. The zero-order valence-electron chi connectivity index (χ0n) is 11.2. The normalized spacial score (nSPS) is 18.0. The van der Waals surface area contributed by atoms with Crippen molar-refractivity contribution in [3.63, 3.8) is 0 Å². The molecule has 1 heterocycles. The number of rotatable bonds is 4. The van der Waals surface area contributed by atoms with E-state index in [-0.39, 0.29) is 5.91 Å². The number of carbonyl (C=O) groups excluding carboxylic acids is 1. The third-order valence-corrected chi connectivity index (χ3v) is 4.00. The summed E-state index contributed by atoms with van der Waals surface area (Å²) in [4.78, 5) is 14.0. The third-order valence-electron chi connectivity index (χ3n) is 3.56. The van der Waals surface area contributed by atoms with Gasteiger partial charge in [-0.3, -0.25) is 4.79 Å². The molecule has 0 spiro atoms. The number of hydrogen-bond donors (Lipinski definition) is 0. The number of amides is 1. The zero-order valence-corrected chi connectivity index (χ0v) is 12.0. The number of alkyl halides is 1. The van der Waals surface area contributed by atoms with E-state index in [4.69, 9.17) is 16.3 Å². The average molecular weight is 282 g/mol. The summed E-state index contributed by atoms with van der Waals surface area (Å²) in [6, 6.07) is 9.49. The molecule has 4 heteroatoms. The van der Waals surface area contributed by atoms with Crippen molar-refractivity contribution in [2.45, 2.75) is 18.2 Å². The minimum atomic E-state index is -0.592. The third kappa shape index (κ3) is 3.95. The van der Waals surface area contributed by atoms with Gasteiger partial charge in [0.2, 0.25) is 5.91 Å². The molecule has 1 saturated heterocycles. The minimum Gasteiger partial charge on any atom is -0.381 e. The molecule has 0 radical (unpaired) electrons. The highest BCUT2D eigenvalue weighted by molar-refractivity contribution is 6.30. The summed E-state index contributed by atoms with van der Waals surface area (Å²) < 4.78 is 5.33. The van der Waals surface area contributed by atoms with Crippen LogP contribution in [-0.2, 0) is 9.53 Å². The standard InChI is InChI=1S/C15H20ClNO2/c1-17(11-12-7-9-19-10-8-12)15(18)14(16)13-5-3-2-4-6-13/h2-6,12,14H,7-11H2,1H3. The minimum absolute atomic E-state index is 0.0284. The van der Waals surface area contributed by atoms with Crippen LogP contribution in [0.4, 0.5) is 0 Å². The summed E-state index contributed by atoms with van der Waals surface area (Å²) in [5.41, 5.74) is 0.855. The van der Waals surface area contributed by atoms with Gasteiger partial charge in [0.15, 0.2) is 0 Å². The van der Waals surface area contributed by atoms with E-state index in [2.05, 4.69) is 0 Å². The van der Waals surface area contributed by atoms with Crippen molar-refractivity contribution in [3.8, 4) is 0 Å². The summed E-state index contributed by atoms with van der Waals surface area (Å²) in [6.07, 6.45) is 2.05. The van der Waals surface area contributed by atoms with Gasteiger partial charge in [-0.05, 0) is 24.3 Å². The Kier molecular flexibility index (Phi) is 5.23.